The van der Waals surface area contributed by atoms with Crippen molar-refractivity contribution < 1.29 is 9.50 Å². The van der Waals surface area contributed by atoms with Gasteiger partial charge in [-0.15, -0.1) is 0 Å². The molecule has 0 unspecified atom stereocenters. The first-order valence-electron chi connectivity index (χ1n) is 3.18. The lowest BCUT2D eigenvalue weighted by atomic mass is 10.1. The summed E-state index contributed by atoms with van der Waals surface area (Å²) in [6.45, 7) is 4.29. The number of hydrogen-bond acceptors (Lipinski definition) is 1. The van der Waals surface area contributed by atoms with Crippen molar-refractivity contribution in [3.8, 4) is 0 Å². The van der Waals surface area contributed by atoms with E-state index in [1.165, 1.54) is 18.2 Å². The highest BCUT2D eigenvalue weighted by atomic mass is 19.1. The number of benzene rings is 1. The summed E-state index contributed by atoms with van der Waals surface area (Å²) in [4.78, 5) is 0. The van der Waals surface area contributed by atoms with Crippen LogP contribution in [0.5, 0.6) is 0 Å². The summed E-state index contributed by atoms with van der Waals surface area (Å²) < 4.78 is 12.8. The van der Waals surface area contributed by atoms with E-state index < -0.39 is 0 Å². The molecule has 0 bridgehead atoms. The van der Waals surface area contributed by atoms with Crippen LogP contribution >= 0.6 is 0 Å². The van der Waals surface area contributed by atoms with Crippen LogP contribution in [0.1, 0.15) is 11.1 Å². The smallest absolute Gasteiger partial charge is 0.130 e. The van der Waals surface area contributed by atoms with Crippen LogP contribution in [0.3, 0.4) is 0 Å². The predicted octanol–water partition coefficient (Wildman–Crippen LogP) is 2.35. The van der Waals surface area contributed by atoms with E-state index in [1.54, 1.807) is 6.07 Å². The van der Waals surface area contributed by atoms with Crippen molar-refractivity contribution in [3.63, 3.8) is 0 Å². The minimum absolute atomic E-state index is 0.329. The molecule has 1 aromatic carbocycles. The Hall–Kier alpha value is -1.15. The molecule has 0 fully saturated rings. The summed E-state index contributed by atoms with van der Waals surface area (Å²) in [5.41, 5.74) is 0.773. The van der Waals surface area contributed by atoms with E-state index in [-0.39, 0.29) is 5.82 Å². The molecule has 1 aromatic rings. The van der Waals surface area contributed by atoms with Crippen molar-refractivity contribution in [2.24, 2.45) is 0 Å². The fourth-order valence-electron chi connectivity index (χ4n) is 0.882. The van der Waals surface area contributed by atoms with Crippen molar-refractivity contribution in [1.82, 2.24) is 0 Å². The van der Waals surface area contributed by atoms with Gasteiger partial charge in [0.05, 0.1) is 0 Å². The third-order valence-corrected chi connectivity index (χ3v) is 1.43. The lowest BCUT2D eigenvalue weighted by Gasteiger charge is -2.01. The minimum Gasteiger partial charge on any atom is -0.385 e. The van der Waals surface area contributed by atoms with E-state index in [0.29, 0.717) is 11.1 Å². The number of rotatable bonds is 2. The first kappa shape index (κ1) is 7.95. The van der Waals surface area contributed by atoms with Crippen molar-refractivity contribution >= 4 is 6.08 Å². The van der Waals surface area contributed by atoms with Crippen LogP contribution in [-0.4, -0.2) is 5.11 Å². The van der Waals surface area contributed by atoms with Crippen LogP contribution in [0.15, 0.2) is 24.8 Å². The van der Waals surface area contributed by atoms with Gasteiger partial charge in [0.25, 0.3) is 0 Å². The molecule has 0 spiro atoms. The second-order valence-corrected chi connectivity index (χ2v) is 2.08. The summed E-state index contributed by atoms with van der Waals surface area (Å²) >= 11 is 0. The average molecular weight is 151 g/mol. The van der Waals surface area contributed by atoms with E-state index >= 15 is 0 Å². The van der Waals surface area contributed by atoms with Crippen molar-refractivity contribution in [1.29, 1.82) is 0 Å². The van der Waals surface area contributed by atoms with E-state index in [2.05, 4.69) is 6.58 Å². The van der Waals surface area contributed by atoms with Crippen LogP contribution < -0.4 is 0 Å². The molecule has 0 aromatic heterocycles. The summed E-state index contributed by atoms with van der Waals surface area (Å²) in [5, 5.41) is 8.63. The Morgan fingerprint density at radius 3 is 2.64 bits per heavy atom. The van der Waals surface area contributed by atoms with Gasteiger partial charge in [0.15, 0.2) is 0 Å². The third kappa shape index (κ3) is 1.46. The Morgan fingerprint density at radius 1 is 1.45 bits per heavy atom. The first-order chi connectivity index (χ1) is 5.29. The molecule has 0 aliphatic heterocycles. The SMILES string of the molecule is C=Cc1c(F)cccc1[CH]O. The maximum Gasteiger partial charge on any atom is 0.130 e. The van der Waals surface area contributed by atoms with Gasteiger partial charge < -0.3 is 5.11 Å². The molecule has 0 saturated heterocycles. The standard InChI is InChI=1S/C9H8FO/c1-2-8-7(6-11)4-3-5-9(8)10/h2-6,11H,1H2. The van der Waals surface area contributed by atoms with Crippen molar-refractivity contribution in [3.05, 3.63) is 48.3 Å². The Kier molecular flexibility index (Phi) is 2.39. The number of hydrogen-bond donors (Lipinski definition) is 1. The van der Waals surface area contributed by atoms with E-state index in [0.717, 1.165) is 6.61 Å². The lowest BCUT2D eigenvalue weighted by Crippen LogP contribution is -1.89. The third-order valence-electron chi connectivity index (χ3n) is 1.43. The second kappa shape index (κ2) is 3.30. The highest BCUT2D eigenvalue weighted by molar-refractivity contribution is 5.54. The van der Waals surface area contributed by atoms with Crippen molar-refractivity contribution in [2.75, 3.05) is 0 Å². The Balaban J connectivity index is 3.24. The molecule has 0 atom stereocenters. The first-order valence-corrected chi connectivity index (χ1v) is 3.18. The largest absolute Gasteiger partial charge is 0.385 e. The van der Waals surface area contributed by atoms with E-state index in [9.17, 15) is 4.39 Å². The highest BCUT2D eigenvalue weighted by Gasteiger charge is 2.02. The molecule has 2 heteroatoms. The van der Waals surface area contributed by atoms with Crippen LogP contribution in [0.4, 0.5) is 4.39 Å². The van der Waals surface area contributed by atoms with Crippen molar-refractivity contribution in [2.45, 2.75) is 0 Å². The monoisotopic (exact) mass is 151 g/mol. The summed E-state index contributed by atoms with van der Waals surface area (Å²) in [5.74, 6) is -0.372. The molecule has 57 valence electrons. The summed E-state index contributed by atoms with van der Waals surface area (Å²) in [7, 11) is 0. The topological polar surface area (TPSA) is 20.2 Å². The normalized spacial score (nSPS) is 9.64. The Morgan fingerprint density at radius 2 is 2.18 bits per heavy atom. The van der Waals surface area contributed by atoms with Crippen LogP contribution in [-0.2, 0) is 0 Å². The summed E-state index contributed by atoms with van der Waals surface area (Å²) in [6.07, 6.45) is 1.37. The molecule has 1 radical (unpaired) electrons. The van der Waals surface area contributed by atoms with Gasteiger partial charge in [0.1, 0.15) is 12.4 Å². The molecule has 0 amide bonds. The van der Waals surface area contributed by atoms with Crippen LogP contribution in [0, 0.1) is 12.4 Å². The van der Waals surface area contributed by atoms with Crippen LogP contribution in [0.25, 0.3) is 6.08 Å². The molecule has 0 heterocycles. The van der Waals surface area contributed by atoms with Gasteiger partial charge in [-0.05, 0) is 11.6 Å². The molecule has 11 heavy (non-hydrogen) atoms. The van der Waals surface area contributed by atoms with E-state index in [1.807, 2.05) is 0 Å². The fourth-order valence-corrected chi connectivity index (χ4v) is 0.882. The molecule has 1 N–H and O–H groups in total. The molecule has 1 rings (SSSR count). The molecule has 0 aliphatic carbocycles. The molecule has 0 aliphatic rings. The van der Waals surface area contributed by atoms with Gasteiger partial charge in [0, 0.05) is 5.56 Å². The average Bonchev–Trinajstić information content (AvgIpc) is 2.04. The quantitative estimate of drug-likeness (QED) is 0.687. The second-order valence-electron chi connectivity index (χ2n) is 2.08. The van der Waals surface area contributed by atoms with Gasteiger partial charge in [-0.25, -0.2) is 4.39 Å². The lowest BCUT2D eigenvalue weighted by molar-refractivity contribution is 0.413. The zero-order chi connectivity index (χ0) is 8.27. The van der Waals surface area contributed by atoms with Gasteiger partial charge in [0.2, 0.25) is 0 Å². The maximum atomic E-state index is 12.8. The minimum atomic E-state index is -0.372. The van der Waals surface area contributed by atoms with Gasteiger partial charge in [-0.3, -0.25) is 0 Å². The maximum absolute atomic E-state index is 12.8. The Labute approximate surface area is 64.8 Å². The van der Waals surface area contributed by atoms with Crippen LogP contribution in [0.2, 0.25) is 0 Å². The van der Waals surface area contributed by atoms with E-state index in [4.69, 9.17) is 5.11 Å². The fraction of sp³-hybridized carbons (Fsp3) is 0. The number of halogens is 1. The molecular weight excluding hydrogens is 143 g/mol. The summed E-state index contributed by atoms with van der Waals surface area (Å²) in [6, 6.07) is 4.47. The Bertz CT molecular complexity index is 268. The van der Waals surface area contributed by atoms with Gasteiger partial charge >= 0.3 is 0 Å². The number of aliphatic hydroxyl groups excluding tert-OH is 1. The molecular formula is C9H8FO. The van der Waals surface area contributed by atoms with Gasteiger partial charge in [-0.2, -0.15) is 0 Å². The van der Waals surface area contributed by atoms with Gasteiger partial charge in [-0.1, -0.05) is 24.8 Å². The number of aliphatic hydroxyl groups is 1. The molecule has 0 saturated carbocycles. The zero-order valence-electron chi connectivity index (χ0n) is 5.92. The highest BCUT2D eigenvalue weighted by Crippen LogP contribution is 2.15. The zero-order valence-corrected chi connectivity index (χ0v) is 5.92. The molecule has 1 nitrogen and oxygen atoms in total. The predicted molar refractivity (Wildman–Crippen MR) is 41.8 cm³/mol.